The van der Waals surface area contributed by atoms with Crippen molar-refractivity contribution in [2.75, 3.05) is 84.4 Å². The Kier molecular flexibility index (Phi) is 12.2. The van der Waals surface area contributed by atoms with E-state index in [1.54, 1.807) is 19.6 Å². The van der Waals surface area contributed by atoms with Crippen molar-refractivity contribution in [2.24, 2.45) is 11.3 Å². The van der Waals surface area contributed by atoms with Crippen LogP contribution < -0.4 is 9.64 Å². The van der Waals surface area contributed by atoms with Crippen molar-refractivity contribution in [3.05, 3.63) is 48.1 Å². The van der Waals surface area contributed by atoms with Gasteiger partial charge in [-0.3, -0.25) is 9.59 Å². The van der Waals surface area contributed by atoms with Gasteiger partial charge in [-0.25, -0.2) is 9.37 Å². The molecule has 0 N–H and O–H groups in total. The fraction of sp³-hybridized carbons (Fsp3) is 0.675. The number of carbonyl (C=O) groups excluding carboxylic acids is 2. The Morgan fingerprint density at radius 2 is 1.72 bits per heavy atom. The molecule has 5 fully saturated rings. The van der Waals surface area contributed by atoms with Crippen LogP contribution in [0.1, 0.15) is 70.2 Å². The second-order valence-electron chi connectivity index (χ2n) is 17.5. The third kappa shape index (κ3) is 8.82. The van der Waals surface area contributed by atoms with Crippen LogP contribution in [0.15, 0.2) is 36.7 Å². The van der Waals surface area contributed by atoms with Gasteiger partial charge in [0, 0.05) is 88.0 Å². The molecule has 7 rings (SSSR count). The fourth-order valence-corrected chi connectivity index (χ4v) is 11.4. The normalized spacial score (nSPS) is 23.4. The molecule has 2 atom stereocenters. The molecule has 2 bridgehead atoms. The number of amides is 2. The van der Waals surface area contributed by atoms with Crippen molar-refractivity contribution < 1.29 is 27.1 Å². The van der Waals surface area contributed by atoms with Crippen LogP contribution in [0.25, 0.3) is 0 Å². The molecule has 2 amide bonds. The second kappa shape index (κ2) is 16.8. The van der Waals surface area contributed by atoms with Gasteiger partial charge in [0.15, 0.2) is 5.82 Å². The molecular formula is C40H59FN10O5S. The van der Waals surface area contributed by atoms with Gasteiger partial charge in [-0.2, -0.15) is 17.0 Å². The minimum Gasteiger partial charge on any atom is -0.434 e. The average molecular weight is 811 g/mol. The van der Waals surface area contributed by atoms with Gasteiger partial charge in [-0.1, -0.05) is 6.08 Å². The Labute approximate surface area is 337 Å². The van der Waals surface area contributed by atoms with Gasteiger partial charge in [0.25, 0.3) is 22.0 Å². The summed E-state index contributed by atoms with van der Waals surface area (Å²) < 4.78 is 51.4. The second-order valence-corrected chi connectivity index (χ2v) is 19.4. The Morgan fingerprint density at radius 3 is 2.35 bits per heavy atom. The molecule has 5 aliphatic rings. The highest BCUT2D eigenvalue weighted by atomic mass is 32.2. The van der Waals surface area contributed by atoms with Crippen molar-refractivity contribution in [2.45, 2.75) is 84.0 Å². The number of hydrogen-bond donors (Lipinski definition) is 0. The lowest BCUT2D eigenvalue weighted by atomic mass is 9.72. The Bertz CT molecular complexity index is 1900. The van der Waals surface area contributed by atoms with Crippen LogP contribution in [0.5, 0.6) is 11.6 Å². The maximum absolute atomic E-state index is 14.4. The number of likely N-dealkylation sites (tertiary alicyclic amines) is 2. The number of aromatic nitrogens is 3. The number of halogens is 1. The van der Waals surface area contributed by atoms with Gasteiger partial charge in [-0.05, 0) is 111 Å². The number of piperidine rings is 2. The van der Waals surface area contributed by atoms with E-state index in [1.807, 2.05) is 57.7 Å². The topological polar surface area (TPSA) is 139 Å². The number of fused-ring (bicyclic) bond motifs is 2. The number of anilines is 1. The first-order chi connectivity index (χ1) is 27.1. The molecule has 0 aliphatic carbocycles. The maximum atomic E-state index is 14.4. The monoisotopic (exact) mass is 810 g/mol. The number of rotatable bonds is 13. The van der Waals surface area contributed by atoms with Crippen molar-refractivity contribution in [3.63, 3.8) is 0 Å². The van der Waals surface area contributed by atoms with E-state index in [0.29, 0.717) is 50.9 Å². The summed E-state index contributed by atoms with van der Waals surface area (Å²) in [7, 11) is 0.330. The molecule has 2 aromatic rings. The standard InChI is InChI=1S/C40H59FN10O5S/c1-28(2)51(29(3)4)39(53)34-20-31(41)9-10-35(34)56-38-37(42-27-43-44-38)47-25-40(26-47)13-18-46(19-14-40)22-30-11-16-48(17-12-30)57(54,55)50-24-32-21-33(50)23-49(32)36(52)8-7-15-45(5)6/h7-10,20,27-30,32-33H,11-19,21-26H2,1-6H3/b8-7+/t32-,33-/m0/s1. The number of likely N-dealkylation sites (N-methyl/N-ethyl adjacent to an activating group) is 1. The Morgan fingerprint density at radius 1 is 1.02 bits per heavy atom. The molecule has 1 spiro atoms. The molecular weight excluding hydrogens is 752 g/mol. The predicted octanol–water partition coefficient (Wildman–Crippen LogP) is 3.32. The zero-order valence-electron chi connectivity index (χ0n) is 34.3. The first-order valence-electron chi connectivity index (χ1n) is 20.5. The van der Waals surface area contributed by atoms with Gasteiger partial charge in [0.1, 0.15) is 17.9 Å². The molecule has 1 aromatic heterocycles. The molecule has 312 valence electrons. The molecule has 0 radical (unpaired) electrons. The maximum Gasteiger partial charge on any atom is 0.282 e. The predicted molar refractivity (Wildman–Crippen MR) is 215 cm³/mol. The van der Waals surface area contributed by atoms with Crippen LogP contribution in [-0.4, -0.2) is 167 Å². The summed E-state index contributed by atoms with van der Waals surface area (Å²) in [6, 6.07) is 3.54. The Balaban J connectivity index is 0.877. The van der Waals surface area contributed by atoms with E-state index in [9.17, 15) is 22.4 Å². The van der Waals surface area contributed by atoms with Crippen LogP contribution in [0, 0.1) is 17.2 Å². The van der Waals surface area contributed by atoms with E-state index in [0.717, 1.165) is 58.4 Å². The smallest absolute Gasteiger partial charge is 0.282 e. The molecule has 0 unspecified atom stereocenters. The molecule has 0 saturated carbocycles. The third-order valence-corrected chi connectivity index (χ3v) is 14.5. The van der Waals surface area contributed by atoms with E-state index < -0.39 is 16.0 Å². The summed E-state index contributed by atoms with van der Waals surface area (Å²) in [4.78, 5) is 41.1. The van der Waals surface area contributed by atoms with Gasteiger partial charge in [0.2, 0.25) is 5.91 Å². The number of hydrogen-bond acceptors (Lipinski definition) is 11. The first-order valence-corrected chi connectivity index (χ1v) is 21.9. The summed E-state index contributed by atoms with van der Waals surface area (Å²) in [5.74, 6) is 0.499. The van der Waals surface area contributed by atoms with E-state index >= 15 is 0 Å². The van der Waals surface area contributed by atoms with Crippen LogP contribution in [0.2, 0.25) is 0 Å². The molecule has 57 heavy (non-hydrogen) atoms. The third-order valence-electron chi connectivity index (χ3n) is 12.5. The lowest BCUT2D eigenvalue weighted by Crippen LogP contribution is -2.61. The zero-order valence-corrected chi connectivity index (χ0v) is 35.1. The molecule has 15 nitrogen and oxygen atoms in total. The molecule has 6 heterocycles. The van der Waals surface area contributed by atoms with E-state index in [-0.39, 0.29) is 58.6 Å². The number of carbonyl (C=O) groups is 2. The number of ether oxygens (including phenoxy) is 1. The highest BCUT2D eigenvalue weighted by Crippen LogP contribution is 2.45. The minimum absolute atomic E-state index is 0.0325. The summed E-state index contributed by atoms with van der Waals surface area (Å²) in [6.07, 6.45) is 9.35. The lowest BCUT2D eigenvalue weighted by Gasteiger charge is -2.54. The largest absolute Gasteiger partial charge is 0.434 e. The number of benzene rings is 1. The SMILES string of the molecule is CC(C)N(C(=O)c1cc(F)ccc1Oc1nncnc1N1CC2(CCN(CC3CCN(S(=O)(=O)N4C[C@@H]5C[C@H]4CN5C(=O)/C=C/CN(C)C)CC3)CC2)C1)C(C)C. The van der Waals surface area contributed by atoms with E-state index in [4.69, 9.17) is 4.74 Å². The van der Waals surface area contributed by atoms with Crippen molar-refractivity contribution in [1.82, 2.24) is 43.4 Å². The highest BCUT2D eigenvalue weighted by molar-refractivity contribution is 7.86. The van der Waals surface area contributed by atoms with E-state index in [1.165, 1.54) is 24.5 Å². The summed E-state index contributed by atoms with van der Waals surface area (Å²) in [5, 5.41) is 8.20. The summed E-state index contributed by atoms with van der Waals surface area (Å²) in [6.45, 7) is 14.8. The molecule has 1 aromatic carbocycles. The summed E-state index contributed by atoms with van der Waals surface area (Å²) >= 11 is 0. The summed E-state index contributed by atoms with van der Waals surface area (Å²) in [5.41, 5.74) is 0.275. The Hall–Kier alpha value is -3.77. The minimum atomic E-state index is -3.57. The van der Waals surface area contributed by atoms with Crippen molar-refractivity contribution >= 4 is 27.8 Å². The van der Waals surface area contributed by atoms with Crippen LogP contribution in [0.4, 0.5) is 10.2 Å². The van der Waals surface area contributed by atoms with E-state index in [2.05, 4.69) is 25.0 Å². The van der Waals surface area contributed by atoms with Crippen LogP contribution >= 0.6 is 0 Å². The highest BCUT2D eigenvalue weighted by Gasteiger charge is 2.51. The van der Waals surface area contributed by atoms with Crippen molar-refractivity contribution in [3.8, 4) is 11.6 Å². The van der Waals surface area contributed by atoms with Gasteiger partial charge >= 0.3 is 0 Å². The number of nitrogens with zero attached hydrogens (tertiary/aromatic N) is 10. The van der Waals surface area contributed by atoms with Crippen LogP contribution in [0.3, 0.4) is 0 Å². The number of piperazine rings is 1. The average Bonchev–Trinajstić information content (AvgIpc) is 3.78. The van der Waals surface area contributed by atoms with Crippen LogP contribution in [-0.2, 0) is 15.0 Å². The molecule has 5 saturated heterocycles. The molecule has 5 aliphatic heterocycles. The lowest BCUT2D eigenvalue weighted by molar-refractivity contribution is -0.127. The first kappa shape index (κ1) is 41.4. The van der Waals surface area contributed by atoms with Gasteiger partial charge < -0.3 is 29.2 Å². The zero-order chi connectivity index (χ0) is 40.6. The van der Waals surface area contributed by atoms with Crippen molar-refractivity contribution in [1.29, 1.82) is 0 Å². The van der Waals surface area contributed by atoms with Gasteiger partial charge in [0.05, 0.1) is 5.56 Å². The van der Waals surface area contributed by atoms with Gasteiger partial charge in [-0.15, -0.1) is 10.2 Å². The quantitative estimate of drug-likeness (QED) is 0.276. The molecule has 17 heteroatoms. The fourth-order valence-electron chi connectivity index (χ4n) is 9.53.